The van der Waals surface area contributed by atoms with Crippen LogP contribution in [0.5, 0.6) is 11.5 Å². The maximum atomic E-state index is 6.33. The Balaban J connectivity index is 1.83. The Morgan fingerprint density at radius 1 is 1.28 bits per heavy atom. The SMILES string of the molecule is CCOc1ccc2c(c1)OC1(CCNCC1)CC2. The normalized spacial score (nSPS) is 21.2. The molecule has 0 unspecified atom stereocenters. The van der Waals surface area contributed by atoms with Crippen LogP contribution in [0.3, 0.4) is 0 Å². The number of rotatable bonds is 2. The number of aryl methyl sites for hydroxylation is 1. The van der Waals surface area contributed by atoms with Crippen LogP contribution in [-0.2, 0) is 6.42 Å². The van der Waals surface area contributed by atoms with Gasteiger partial charge in [-0.25, -0.2) is 0 Å². The number of ether oxygens (including phenoxy) is 2. The van der Waals surface area contributed by atoms with Crippen molar-refractivity contribution in [3.8, 4) is 11.5 Å². The van der Waals surface area contributed by atoms with Gasteiger partial charge in [0.25, 0.3) is 0 Å². The molecule has 1 saturated heterocycles. The summed E-state index contributed by atoms with van der Waals surface area (Å²) >= 11 is 0. The highest BCUT2D eigenvalue weighted by atomic mass is 16.5. The van der Waals surface area contributed by atoms with E-state index < -0.39 is 0 Å². The van der Waals surface area contributed by atoms with Gasteiger partial charge < -0.3 is 14.8 Å². The van der Waals surface area contributed by atoms with E-state index in [2.05, 4.69) is 17.4 Å². The summed E-state index contributed by atoms with van der Waals surface area (Å²) in [7, 11) is 0. The molecule has 3 nitrogen and oxygen atoms in total. The first kappa shape index (κ1) is 11.8. The van der Waals surface area contributed by atoms with E-state index in [1.54, 1.807) is 0 Å². The molecule has 0 aromatic heterocycles. The van der Waals surface area contributed by atoms with Crippen molar-refractivity contribution in [3.05, 3.63) is 23.8 Å². The lowest BCUT2D eigenvalue weighted by Crippen LogP contribution is -2.48. The Labute approximate surface area is 108 Å². The second-order valence-electron chi connectivity index (χ2n) is 5.24. The Kier molecular flexibility index (Phi) is 3.16. The molecule has 1 fully saturated rings. The van der Waals surface area contributed by atoms with Crippen LogP contribution in [0.25, 0.3) is 0 Å². The molecule has 0 saturated carbocycles. The number of hydrogen-bond acceptors (Lipinski definition) is 3. The summed E-state index contributed by atoms with van der Waals surface area (Å²) in [6, 6.07) is 6.25. The molecule has 0 radical (unpaired) electrons. The molecule has 18 heavy (non-hydrogen) atoms. The fraction of sp³-hybridized carbons (Fsp3) is 0.600. The molecular weight excluding hydrogens is 226 g/mol. The third-order valence-electron chi connectivity index (χ3n) is 4.04. The topological polar surface area (TPSA) is 30.5 Å². The van der Waals surface area contributed by atoms with Gasteiger partial charge in [0, 0.05) is 6.07 Å². The van der Waals surface area contributed by atoms with Crippen molar-refractivity contribution in [2.75, 3.05) is 19.7 Å². The van der Waals surface area contributed by atoms with Crippen molar-refractivity contribution < 1.29 is 9.47 Å². The van der Waals surface area contributed by atoms with Crippen LogP contribution in [0.15, 0.2) is 18.2 Å². The zero-order chi connectivity index (χ0) is 12.4. The molecule has 0 aliphatic carbocycles. The first-order valence-corrected chi connectivity index (χ1v) is 6.97. The van der Waals surface area contributed by atoms with Gasteiger partial charge in [0.2, 0.25) is 0 Å². The van der Waals surface area contributed by atoms with Crippen molar-refractivity contribution in [2.24, 2.45) is 0 Å². The molecule has 1 spiro atoms. The van der Waals surface area contributed by atoms with E-state index in [1.165, 1.54) is 5.56 Å². The molecule has 98 valence electrons. The molecule has 0 atom stereocenters. The van der Waals surface area contributed by atoms with Gasteiger partial charge in [0.1, 0.15) is 17.1 Å². The summed E-state index contributed by atoms with van der Waals surface area (Å²) in [5.74, 6) is 1.95. The molecule has 1 N–H and O–H groups in total. The molecule has 0 bridgehead atoms. The number of hydrogen-bond donors (Lipinski definition) is 1. The van der Waals surface area contributed by atoms with Crippen LogP contribution in [-0.4, -0.2) is 25.3 Å². The predicted molar refractivity (Wildman–Crippen MR) is 71.4 cm³/mol. The zero-order valence-electron chi connectivity index (χ0n) is 11.0. The summed E-state index contributed by atoms with van der Waals surface area (Å²) in [6.45, 7) is 4.85. The van der Waals surface area contributed by atoms with Crippen LogP contribution in [0, 0.1) is 0 Å². The maximum Gasteiger partial charge on any atom is 0.127 e. The van der Waals surface area contributed by atoms with E-state index >= 15 is 0 Å². The van der Waals surface area contributed by atoms with Crippen molar-refractivity contribution in [3.63, 3.8) is 0 Å². The monoisotopic (exact) mass is 247 g/mol. The summed E-state index contributed by atoms with van der Waals surface area (Å²) in [5.41, 5.74) is 1.39. The van der Waals surface area contributed by atoms with Crippen LogP contribution < -0.4 is 14.8 Å². The lowest BCUT2D eigenvalue weighted by Gasteiger charge is -2.41. The van der Waals surface area contributed by atoms with Gasteiger partial charge in [-0.05, 0) is 57.3 Å². The minimum Gasteiger partial charge on any atom is -0.494 e. The minimum atomic E-state index is 0.0725. The highest BCUT2D eigenvalue weighted by Crippen LogP contribution is 2.39. The summed E-state index contributed by atoms with van der Waals surface area (Å²) in [6.07, 6.45) is 4.51. The Hall–Kier alpha value is -1.22. The molecule has 3 heteroatoms. The molecule has 3 rings (SSSR count). The lowest BCUT2D eigenvalue weighted by molar-refractivity contribution is 0.0168. The number of fused-ring (bicyclic) bond motifs is 1. The van der Waals surface area contributed by atoms with E-state index in [-0.39, 0.29) is 5.60 Å². The molecule has 0 amide bonds. The van der Waals surface area contributed by atoms with Gasteiger partial charge >= 0.3 is 0 Å². The van der Waals surface area contributed by atoms with Crippen LogP contribution in [0.1, 0.15) is 31.7 Å². The van der Waals surface area contributed by atoms with E-state index in [0.717, 1.165) is 50.3 Å². The summed E-state index contributed by atoms with van der Waals surface area (Å²) < 4.78 is 11.9. The van der Waals surface area contributed by atoms with Crippen LogP contribution >= 0.6 is 0 Å². The molecule has 2 aliphatic heterocycles. The number of nitrogens with one attached hydrogen (secondary N) is 1. The maximum absolute atomic E-state index is 6.33. The summed E-state index contributed by atoms with van der Waals surface area (Å²) in [5, 5.41) is 3.41. The molecule has 1 aromatic rings. The standard InChI is InChI=1S/C15H21NO2/c1-2-17-13-4-3-12-5-6-15(18-14(12)11-13)7-9-16-10-8-15/h3-4,11,16H,2,5-10H2,1H3. The van der Waals surface area contributed by atoms with Gasteiger partial charge in [-0.1, -0.05) is 6.07 Å². The smallest absolute Gasteiger partial charge is 0.127 e. The van der Waals surface area contributed by atoms with Crippen molar-refractivity contribution >= 4 is 0 Å². The second kappa shape index (κ2) is 4.81. The van der Waals surface area contributed by atoms with E-state index in [9.17, 15) is 0 Å². The third kappa shape index (κ3) is 2.19. The van der Waals surface area contributed by atoms with Gasteiger partial charge in [-0.2, -0.15) is 0 Å². The van der Waals surface area contributed by atoms with Gasteiger partial charge in [-0.15, -0.1) is 0 Å². The van der Waals surface area contributed by atoms with Crippen molar-refractivity contribution in [1.29, 1.82) is 0 Å². The lowest BCUT2D eigenvalue weighted by atomic mass is 9.84. The average Bonchev–Trinajstić information content (AvgIpc) is 2.40. The highest BCUT2D eigenvalue weighted by Gasteiger charge is 2.37. The van der Waals surface area contributed by atoms with E-state index in [4.69, 9.17) is 9.47 Å². The molecule has 1 aromatic carbocycles. The number of piperidine rings is 1. The Morgan fingerprint density at radius 2 is 2.11 bits per heavy atom. The van der Waals surface area contributed by atoms with Crippen LogP contribution in [0.4, 0.5) is 0 Å². The highest BCUT2D eigenvalue weighted by molar-refractivity contribution is 5.42. The van der Waals surface area contributed by atoms with Crippen LogP contribution in [0.2, 0.25) is 0 Å². The molecule has 2 heterocycles. The van der Waals surface area contributed by atoms with Crippen molar-refractivity contribution in [1.82, 2.24) is 5.32 Å². The molecule has 2 aliphatic rings. The first-order valence-electron chi connectivity index (χ1n) is 6.97. The third-order valence-corrected chi connectivity index (χ3v) is 4.04. The van der Waals surface area contributed by atoms with E-state index in [0.29, 0.717) is 6.61 Å². The van der Waals surface area contributed by atoms with E-state index in [1.807, 2.05) is 13.0 Å². The fourth-order valence-electron chi connectivity index (χ4n) is 2.97. The Bertz CT molecular complexity index is 425. The zero-order valence-corrected chi connectivity index (χ0v) is 11.0. The molecular formula is C15H21NO2. The van der Waals surface area contributed by atoms with Crippen molar-refractivity contribution in [2.45, 2.75) is 38.2 Å². The largest absolute Gasteiger partial charge is 0.494 e. The van der Waals surface area contributed by atoms with Gasteiger partial charge in [0.05, 0.1) is 6.61 Å². The predicted octanol–water partition coefficient (Wildman–Crippen LogP) is 2.53. The number of benzene rings is 1. The quantitative estimate of drug-likeness (QED) is 0.871. The first-order chi connectivity index (χ1) is 8.81. The van der Waals surface area contributed by atoms with Gasteiger partial charge in [0.15, 0.2) is 0 Å². The van der Waals surface area contributed by atoms with Gasteiger partial charge in [-0.3, -0.25) is 0 Å². The second-order valence-corrected chi connectivity index (χ2v) is 5.24. The fourth-order valence-corrected chi connectivity index (χ4v) is 2.97. The minimum absolute atomic E-state index is 0.0725. The Morgan fingerprint density at radius 3 is 2.89 bits per heavy atom. The summed E-state index contributed by atoms with van der Waals surface area (Å²) in [4.78, 5) is 0. The average molecular weight is 247 g/mol.